The Morgan fingerprint density at radius 2 is 2.07 bits per heavy atom. The number of halogens is 1. The summed E-state index contributed by atoms with van der Waals surface area (Å²) in [6.07, 6.45) is 0. The van der Waals surface area contributed by atoms with Crippen LogP contribution >= 0.6 is 15.9 Å². The van der Waals surface area contributed by atoms with E-state index >= 15 is 0 Å². The molecule has 82 valence electrons. The molecule has 0 atom stereocenters. The number of esters is 1. The summed E-state index contributed by atoms with van der Waals surface area (Å²) in [4.78, 5) is 22.9. The third-order valence-electron chi connectivity index (χ3n) is 1.95. The molecule has 15 heavy (non-hydrogen) atoms. The van der Waals surface area contributed by atoms with Crippen molar-refractivity contribution < 1.29 is 14.3 Å². The van der Waals surface area contributed by atoms with Gasteiger partial charge in [0.15, 0.2) is 0 Å². The summed E-state index contributed by atoms with van der Waals surface area (Å²) in [5.74, 6) is -0.279. The number of carbonyl (C=O) groups excluding carboxylic acids is 1. The van der Waals surface area contributed by atoms with Crippen LogP contribution in [-0.2, 0) is 11.8 Å². The number of ether oxygens (including phenoxy) is 2. The summed E-state index contributed by atoms with van der Waals surface area (Å²) < 4.78 is 11.0. The van der Waals surface area contributed by atoms with Gasteiger partial charge < -0.3 is 14.0 Å². The maximum atomic E-state index is 11.6. The second-order valence-corrected chi connectivity index (χ2v) is 3.56. The summed E-state index contributed by atoms with van der Waals surface area (Å²) in [5, 5.41) is 0. The molecule has 0 saturated heterocycles. The number of rotatable bonds is 2. The van der Waals surface area contributed by atoms with Crippen LogP contribution < -0.4 is 10.3 Å². The number of hydrogen-bond donors (Lipinski definition) is 0. The van der Waals surface area contributed by atoms with Crippen LogP contribution in [-0.4, -0.2) is 24.8 Å². The van der Waals surface area contributed by atoms with E-state index < -0.39 is 5.97 Å². The molecule has 0 unspecified atom stereocenters. The van der Waals surface area contributed by atoms with Crippen LogP contribution in [0.3, 0.4) is 0 Å². The van der Waals surface area contributed by atoms with Crippen molar-refractivity contribution in [3.8, 4) is 5.75 Å². The number of aromatic nitrogens is 1. The van der Waals surface area contributed by atoms with Crippen molar-refractivity contribution in [3.63, 3.8) is 0 Å². The van der Waals surface area contributed by atoms with Gasteiger partial charge in [0, 0.05) is 13.1 Å². The third kappa shape index (κ3) is 2.04. The highest BCUT2D eigenvalue weighted by Crippen LogP contribution is 2.21. The largest absolute Gasteiger partial charge is 0.495 e. The fourth-order valence-corrected chi connectivity index (χ4v) is 1.64. The zero-order valence-corrected chi connectivity index (χ0v) is 10.1. The quantitative estimate of drug-likeness (QED) is 0.754. The Bertz CT molecular complexity index is 452. The Morgan fingerprint density at radius 1 is 1.47 bits per heavy atom. The summed E-state index contributed by atoms with van der Waals surface area (Å²) >= 11 is 3.09. The lowest BCUT2D eigenvalue weighted by molar-refractivity contribution is 0.0587. The predicted octanol–water partition coefficient (Wildman–Crippen LogP) is 0.943. The molecule has 0 radical (unpaired) electrons. The summed E-state index contributed by atoms with van der Waals surface area (Å²) in [6.45, 7) is 0. The Labute approximate surface area is 94.7 Å². The van der Waals surface area contributed by atoms with Crippen molar-refractivity contribution in [2.45, 2.75) is 0 Å². The van der Waals surface area contributed by atoms with Gasteiger partial charge >= 0.3 is 5.97 Å². The first-order valence-electron chi connectivity index (χ1n) is 4.04. The first-order chi connectivity index (χ1) is 7.02. The summed E-state index contributed by atoms with van der Waals surface area (Å²) in [7, 11) is 4.15. The number of methoxy groups -OCH3 is 2. The molecule has 6 heteroatoms. The normalized spacial score (nSPS) is 9.87. The van der Waals surface area contributed by atoms with E-state index in [1.165, 1.54) is 31.9 Å². The van der Waals surface area contributed by atoms with E-state index in [0.29, 0.717) is 5.75 Å². The van der Waals surface area contributed by atoms with Crippen molar-refractivity contribution in [2.75, 3.05) is 14.2 Å². The molecule has 0 amide bonds. The van der Waals surface area contributed by atoms with Gasteiger partial charge in [-0.1, -0.05) is 0 Å². The van der Waals surface area contributed by atoms with E-state index in [4.69, 9.17) is 4.74 Å². The molecule has 5 nitrogen and oxygen atoms in total. The molecule has 0 aliphatic heterocycles. The molecule has 0 aromatic carbocycles. The number of carbonyl (C=O) groups is 1. The van der Waals surface area contributed by atoms with Crippen LogP contribution in [0.25, 0.3) is 0 Å². The fourth-order valence-electron chi connectivity index (χ4n) is 1.10. The van der Waals surface area contributed by atoms with Crippen LogP contribution in [0.5, 0.6) is 5.75 Å². The molecule has 0 spiro atoms. The lowest BCUT2D eigenvalue weighted by atomic mass is 10.3. The highest BCUT2D eigenvalue weighted by Gasteiger charge is 2.16. The Balaban J connectivity index is 3.49. The molecule has 0 bridgehead atoms. The van der Waals surface area contributed by atoms with Gasteiger partial charge in [0.1, 0.15) is 15.9 Å². The second kappa shape index (κ2) is 4.48. The molecule has 0 aliphatic carbocycles. The van der Waals surface area contributed by atoms with E-state index in [2.05, 4.69) is 20.7 Å². The molecule has 1 aromatic heterocycles. The zero-order chi connectivity index (χ0) is 11.6. The molecule has 0 saturated carbocycles. The molecular weight excluding hydrogens is 266 g/mol. The fraction of sp³-hybridized carbons (Fsp3) is 0.333. The molecule has 1 aromatic rings. The van der Waals surface area contributed by atoms with Gasteiger partial charge in [-0.3, -0.25) is 4.79 Å². The van der Waals surface area contributed by atoms with E-state index in [1.807, 2.05) is 0 Å². The first-order valence-corrected chi connectivity index (χ1v) is 4.84. The van der Waals surface area contributed by atoms with Crippen LogP contribution in [0.2, 0.25) is 0 Å². The van der Waals surface area contributed by atoms with Crippen molar-refractivity contribution in [1.82, 2.24) is 4.57 Å². The van der Waals surface area contributed by atoms with Gasteiger partial charge in [0.2, 0.25) is 0 Å². The second-order valence-electron chi connectivity index (χ2n) is 2.77. The van der Waals surface area contributed by atoms with E-state index in [-0.39, 0.29) is 15.7 Å². The maximum Gasteiger partial charge on any atom is 0.354 e. The van der Waals surface area contributed by atoms with Gasteiger partial charge in [-0.05, 0) is 15.9 Å². The minimum Gasteiger partial charge on any atom is -0.495 e. The predicted molar refractivity (Wildman–Crippen MR) is 57.3 cm³/mol. The Hall–Kier alpha value is -1.30. The highest BCUT2D eigenvalue weighted by molar-refractivity contribution is 9.10. The first kappa shape index (κ1) is 11.8. The zero-order valence-electron chi connectivity index (χ0n) is 8.54. The monoisotopic (exact) mass is 275 g/mol. The average molecular weight is 276 g/mol. The lowest BCUT2D eigenvalue weighted by Gasteiger charge is -2.09. The Kier molecular flexibility index (Phi) is 3.52. The van der Waals surface area contributed by atoms with E-state index in [0.717, 1.165) is 0 Å². The van der Waals surface area contributed by atoms with Crippen LogP contribution in [0.4, 0.5) is 0 Å². The topological polar surface area (TPSA) is 57.5 Å². The lowest BCUT2D eigenvalue weighted by Crippen LogP contribution is -2.24. The molecule has 0 aliphatic rings. The van der Waals surface area contributed by atoms with Gasteiger partial charge in [-0.2, -0.15) is 0 Å². The maximum absolute atomic E-state index is 11.6. The minimum absolute atomic E-state index is 0.141. The molecule has 1 rings (SSSR count). The van der Waals surface area contributed by atoms with E-state index in [1.54, 1.807) is 0 Å². The summed E-state index contributed by atoms with van der Waals surface area (Å²) in [6, 6.07) is 1.44. The molecule has 1 heterocycles. The number of pyridine rings is 1. The highest BCUT2D eigenvalue weighted by atomic mass is 79.9. The summed E-state index contributed by atoms with van der Waals surface area (Å²) in [5.41, 5.74) is -0.211. The van der Waals surface area contributed by atoms with E-state index in [9.17, 15) is 9.59 Å². The van der Waals surface area contributed by atoms with Crippen molar-refractivity contribution >= 4 is 21.9 Å². The van der Waals surface area contributed by atoms with Gasteiger partial charge in [0.05, 0.1) is 14.2 Å². The van der Waals surface area contributed by atoms with Crippen LogP contribution in [0.15, 0.2) is 15.3 Å². The SMILES string of the molecule is COC(=O)c1cc(OC)c(Br)c(=O)n1C. The molecule has 0 N–H and O–H groups in total. The minimum atomic E-state index is -0.583. The average Bonchev–Trinajstić information content (AvgIpc) is 2.25. The van der Waals surface area contributed by atoms with Crippen molar-refractivity contribution in [2.24, 2.45) is 7.05 Å². The van der Waals surface area contributed by atoms with Crippen LogP contribution in [0, 0.1) is 0 Å². The van der Waals surface area contributed by atoms with Crippen molar-refractivity contribution in [1.29, 1.82) is 0 Å². The Morgan fingerprint density at radius 3 is 2.53 bits per heavy atom. The van der Waals surface area contributed by atoms with Gasteiger partial charge in [-0.15, -0.1) is 0 Å². The number of hydrogen-bond acceptors (Lipinski definition) is 4. The standard InChI is InChI=1S/C9H10BrNO4/c1-11-5(9(13)15-3)4-6(14-2)7(10)8(11)12/h4H,1-3H3. The van der Waals surface area contributed by atoms with Crippen molar-refractivity contribution in [3.05, 3.63) is 26.6 Å². The van der Waals surface area contributed by atoms with Gasteiger partial charge in [0.25, 0.3) is 5.56 Å². The molecular formula is C9H10BrNO4. The smallest absolute Gasteiger partial charge is 0.354 e. The third-order valence-corrected chi connectivity index (χ3v) is 2.68. The molecule has 0 fully saturated rings. The van der Waals surface area contributed by atoms with Gasteiger partial charge in [-0.25, -0.2) is 4.79 Å². The number of nitrogens with zero attached hydrogens (tertiary/aromatic N) is 1. The van der Waals surface area contributed by atoms with Crippen LogP contribution in [0.1, 0.15) is 10.5 Å².